The summed E-state index contributed by atoms with van der Waals surface area (Å²) < 4.78 is 1.09. The first-order valence-corrected chi connectivity index (χ1v) is 4.24. The second kappa shape index (κ2) is 4.16. The Labute approximate surface area is 67.8 Å². The van der Waals surface area contributed by atoms with E-state index in [4.69, 9.17) is 0 Å². The predicted molar refractivity (Wildman–Crippen MR) is 46.8 cm³/mol. The van der Waals surface area contributed by atoms with Crippen molar-refractivity contribution in [3.63, 3.8) is 0 Å². The molecular formula is C9H15NO. The molecule has 1 aliphatic rings. The molecule has 0 saturated carbocycles. The van der Waals surface area contributed by atoms with E-state index in [9.17, 15) is 5.21 Å². The Hall–Kier alpha value is -0.790. The van der Waals surface area contributed by atoms with Crippen molar-refractivity contribution in [3.05, 3.63) is 17.4 Å². The van der Waals surface area contributed by atoms with E-state index in [2.05, 4.69) is 12.2 Å². The van der Waals surface area contributed by atoms with Crippen molar-refractivity contribution < 1.29 is 4.74 Å². The van der Waals surface area contributed by atoms with E-state index in [1.807, 2.05) is 0 Å². The Balaban J connectivity index is 2.47. The van der Waals surface area contributed by atoms with Crippen LogP contribution in [0.5, 0.6) is 0 Å². The summed E-state index contributed by atoms with van der Waals surface area (Å²) in [5.41, 5.74) is 0. The van der Waals surface area contributed by atoms with E-state index < -0.39 is 0 Å². The molecule has 0 aliphatic heterocycles. The van der Waals surface area contributed by atoms with Gasteiger partial charge in [-0.2, -0.15) is 0 Å². The van der Waals surface area contributed by atoms with Gasteiger partial charge in [-0.05, 0) is 12.8 Å². The zero-order valence-electron chi connectivity index (χ0n) is 6.99. The monoisotopic (exact) mass is 153 g/mol. The lowest BCUT2D eigenvalue weighted by Crippen LogP contribution is -2.20. The van der Waals surface area contributed by atoms with Gasteiger partial charge in [0.15, 0.2) is 6.04 Å². The minimum Gasteiger partial charge on any atom is -0.624 e. The molecule has 1 aliphatic carbocycles. The highest BCUT2D eigenvalue weighted by Crippen LogP contribution is 2.13. The first kappa shape index (κ1) is 8.31. The van der Waals surface area contributed by atoms with Crippen molar-refractivity contribution in [1.82, 2.24) is 0 Å². The Morgan fingerprint density at radius 2 is 1.91 bits per heavy atom. The second-order valence-corrected chi connectivity index (χ2v) is 2.90. The smallest absolute Gasteiger partial charge is 0.163 e. The zero-order chi connectivity index (χ0) is 8.10. The van der Waals surface area contributed by atoms with E-state index in [0.717, 1.165) is 30.4 Å². The summed E-state index contributed by atoms with van der Waals surface area (Å²) in [5.74, 6) is 0. The molecule has 0 atom stereocenters. The number of hydrogen-bond acceptors (Lipinski definition) is 1. The van der Waals surface area contributed by atoms with Gasteiger partial charge in [-0.25, -0.2) is 4.74 Å². The quantitative estimate of drug-likeness (QED) is 0.186. The van der Waals surface area contributed by atoms with E-state index in [-0.39, 0.29) is 6.04 Å². The van der Waals surface area contributed by atoms with Gasteiger partial charge < -0.3 is 5.21 Å². The number of nitrogens with zero attached hydrogens (tertiary/aromatic N) is 1. The van der Waals surface area contributed by atoms with Crippen LogP contribution in [0.15, 0.2) is 12.2 Å². The average molecular weight is 153 g/mol. The lowest BCUT2D eigenvalue weighted by Gasteiger charge is -2.13. The molecule has 0 aromatic carbocycles. The number of rotatable bonds is 1. The summed E-state index contributed by atoms with van der Waals surface area (Å²) >= 11 is 0. The molecule has 1 rings (SSSR count). The minimum atomic E-state index is 0.218. The SMILES string of the molecule is C/C=[N+](\[O-])C1CCC=CCC1. The fourth-order valence-electron chi connectivity index (χ4n) is 1.42. The molecule has 0 unspecified atom stereocenters. The van der Waals surface area contributed by atoms with E-state index in [0.29, 0.717) is 0 Å². The van der Waals surface area contributed by atoms with Crippen molar-refractivity contribution in [2.45, 2.75) is 38.6 Å². The molecule has 2 nitrogen and oxygen atoms in total. The third-order valence-corrected chi connectivity index (χ3v) is 2.11. The topological polar surface area (TPSA) is 26.1 Å². The van der Waals surface area contributed by atoms with E-state index in [1.54, 1.807) is 13.1 Å². The summed E-state index contributed by atoms with van der Waals surface area (Å²) in [6.45, 7) is 1.80. The highest BCUT2D eigenvalue weighted by atomic mass is 16.5. The molecule has 0 radical (unpaired) electrons. The molecule has 0 spiro atoms. The highest BCUT2D eigenvalue weighted by Gasteiger charge is 2.14. The number of hydrogen-bond donors (Lipinski definition) is 0. The fourth-order valence-corrected chi connectivity index (χ4v) is 1.42. The molecule has 0 aromatic heterocycles. The first-order chi connectivity index (χ1) is 5.34. The lowest BCUT2D eigenvalue weighted by atomic mass is 10.1. The van der Waals surface area contributed by atoms with Crippen LogP contribution in [-0.4, -0.2) is 17.0 Å². The van der Waals surface area contributed by atoms with Crippen molar-refractivity contribution >= 4 is 6.21 Å². The van der Waals surface area contributed by atoms with Crippen LogP contribution in [0.1, 0.15) is 32.6 Å². The fraction of sp³-hybridized carbons (Fsp3) is 0.667. The van der Waals surface area contributed by atoms with Gasteiger partial charge in [0.25, 0.3) is 0 Å². The zero-order valence-corrected chi connectivity index (χ0v) is 6.99. The summed E-state index contributed by atoms with van der Waals surface area (Å²) in [6, 6.07) is 0.218. The third kappa shape index (κ3) is 2.37. The van der Waals surface area contributed by atoms with Gasteiger partial charge in [0.2, 0.25) is 0 Å². The molecule has 62 valence electrons. The molecule has 0 bridgehead atoms. The van der Waals surface area contributed by atoms with Crippen LogP contribution < -0.4 is 0 Å². The highest BCUT2D eigenvalue weighted by molar-refractivity contribution is 5.46. The molecule has 0 fully saturated rings. The molecule has 0 heterocycles. The molecule has 0 aromatic rings. The normalized spacial score (nSPS) is 21.7. The third-order valence-electron chi connectivity index (χ3n) is 2.11. The molecule has 0 saturated heterocycles. The Bertz CT molecular complexity index is 162. The Morgan fingerprint density at radius 3 is 2.36 bits per heavy atom. The van der Waals surface area contributed by atoms with Gasteiger partial charge in [-0.3, -0.25) is 0 Å². The molecular weight excluding hydrogens is 138 g/mol. The Morgan fingerprint density at radius 1 is 1.36 bits per heavy atom. The summed E-state index contributed by atoms with van der Waals surface area (Å²) in [4.78, 5) is 0. The van der Waals surface area contributed by atoms with Crippen LogP contribution in [0.3, 0.4) is 0 Å². The van der Waals surface area contributed by atoms with Gasteiger partial charge in [0, 0.05) is 19.8 Å². The molecule has 0 N–H and O–H groups in total. The average Bonchev–Trinajstić information content (AvgIpc) is 2.30. The summed E-state index contributed by atoms with van der Waals surface area (Å²) in [5, 5.41) is 11.2. The van der Waals surface area contributed by atoms with Crippen LogP contribution in [0.4, 0.5) is 0 Å². The maximum Gasteiger partial charge on any atom is 0.163 e. The van der Waals surface area contributed by atoms with Crippen molar-refractivity contribution in [2.24, 2.45) is 0 Å². The summed E-state index contributed by atoms with van der Waals surface area (Å²) in [7, 11) is 0. The summed E-state index contributed by atoms with van der Waals surface area (Å²) in [6.07, 6.45) is 10.1. The number of hydroxylamine groups is 1. The standard InChI is InChI=1S/C9H15NO/c1-2-10(11)9-7-5-3-4-6-8-9/h2-4,9H,5-8H2,1H3/b10-2-. The van der Waals surface area contributed by atoms with Crippen LogP contribution >= 0.6 is 0 Å². The van der Waals surface area contributed by atoms with E-state index in [1.165, 1.54) is 0 Å². The van der Waals surface area contributed by atoms with Crippen LogP contribution in [0.2, 0.25) is 0 Å². The molecule has 0 amide bonds. The van der Waals surface area contributed by atoms with Crippen molar-refractivity contribution in [1.29, 1.82) is 0 Å². The molecule has 2 heteroatoms. The van der Waals surface area contributed by atoms with Gasteiger partial charge >= 0.3 is 0 Å². The van der Waals surface area contributed by atoms with Gasteiger partial charge in [0.1, 0.15) is 6.21 Å². The van der Waals surface area contributed by atoms with Crippen molar-refractivity contribution in [2.75, 3.05) is 0 Å². The maximum absolute atomic E-state index is 11.2. The lowest BCUT2D eigenvalue weighted by molar-refractivity contribution is -0.499. The van der Waals surface area contributed by atoms with Gasteiger partial charge in [0.05, 0.1) is 0 Å². The van der Waals surface area contributed by atoms with Crippen LogP contribution in [0, 0.1) is 5.21 Å². The first-order valence-electron chi connectivity index (χ1n) is 4.24. The van der Waals surface area contributed by atoms with Gasteiger partial charge in [-0.1, -0.05) is 12.2 Å². The maximum atomic E-state index is 11.2. The van der Waals surface area contributed by atoms with Crippen LogP contribution in [-0.2, 0) is 0 Å². The Kier molecular flexibility index (Phi) is 3.14. The van der Waals surface area contributed by atoms with Gasteiger partial charge in [-0.15, -0.1) is 0 Å². The number of allylic oxidation sites excluding steroid dienone is 2. The molecule has 11 heavy (non-hydrogen) atoms. The minimum absolute atomic E-state index is 0.218. The largest absolute Gasteiger partial charge is 0.624 e. The predicted octanol–water partition coefficient (Wildman–Crippen LogP) is 2.09. The second-order valence-electron chi connectivity index (χ2n) is 2.90. The van der Waals surface area contributed by atoms with E-state index >= 15 is 0 Å². The van der Waals surface area contributed by atoms with Crippen molar-refractivity contribution in [3.8, 4) is 0 Å². The van der Waals surface area contributed by atoms with Crippen LogP contribution in [0.25, 0.3) is 0 Å².